The Balaban J connectivity index is 0. The number of aliphatic hydroxyl groups is 4. The van der Waals surface area contributed by atoms with Crippen molar-refractivity contribution in [3.05, 3.63) is 11.5 Å². The molecule has 0 radical (unpaired) electrons. The quantitative estimate of drug-likeness (QED) is 0.256. The highest BCUT2D eigenvalue weighted by molar-refractivity contribution is 7.85. The molecule has 0 heterocycles. The normalized spacial score (nSPS) is 10.2. The molecule has 0 atom stereocenters. The van der Waals surface area contributed by atoms with Crippen LogP contribution in [0.15, 0.2) is 11.5 Å². The summed E-state index contributed by atoms with van der Waals surface area (Å²) in [4.78, 5) is 9.39. The van der Waals surface area contributed by atoms with E-state index < -0.39 is 37.8 Å². The predicted octanol–water partition coefficient (Wildman–Crippen LogP) is -1.54. The fourth-order valence-electron chi connectivity index (χ4n) is 0.300. The second kappa shape index (κ2) is 8.69. The van der Waals surface area contributed by atoms with E-state index in [2.05, 4.69) is 19.2 Å². The van der Waals surface area contributed by atoms with Crippen molar-refractivity contribution in [1.82, 2.24) is 0 Å². The van der Waals surface area contributed by atoms with Gasteiger partial charge in [-0.2, -0.15) is 0 Å². The van der Waals surface area contributed by atoms with Crippen molar-refractivity contribution in [2.24, 2.45) is 5.41 Å². The van der Waals surface area contributed by atoms with E-state index in [0.717, 1.165) is 0 Å². The van der Waals surface area contributed by atoms with Crippen LogP contribution in [0, 0.1) is 5.41 Å². The lowest BCUT2D eigenvalue weighted by atomic mass is 9.93. The van der Waals surface area contributed by atoms with Gasteiger partial charge in [-0.15, -0.1) is 12.6 Å². The van der Waals surface area contributed by atoms with Crippen LogP contribution in [-0.4, -0.2) is 57.9 Å². The van der Waals surface area contributed by atoms with Crippen molar-refractivity contribution in [2.45, 2.75) is 0 Å². The summed E-state index contributed by atoms with van der Waals surface area (Å²) in [5, 5.41) is 41.8. The van der Waals surface area contributed by atoms with Gasteiger partial charge in [-0.3, -0.25) is 0 Å². The van der Waals surface area contributed by atoms with Gasteiger partial charge < -0.3 is 25.5 Å². The van der Waals surface area contributed by atoms with Gasteiger partial charge in [0.1, 0.15) is 0 Å². The first-order valence-electron chi connectivity index (χ1n) is 3.93. The molecule has 0 aromatic rings. The molecule has 0 fully saturated rings. The lowest BCUT2D eigenvalue weighted by molar-refractivity contribution is -0.131. The van der Waals surface area contributed by atoms with E-state index in [9.17, 15) is 4.79 Å². The number of hydrogen-bond acceptors (Lipinski definition) is 6. The summed E-state index contributed by atoms with van der Waals surface area (Å²) in [6.45, 7) is 1.39. The Morgan fingerprint density at radius 1 is 1.07 bits per heavy atom. The number of thiol groups is 1. The summed E-state index contributed by atoms with van der Waals surface area (Å²) in [7, 11) is 0. The number of rotatable bonds is 5. The second-order valence-corrected chi connectivity index (χ2v) is 3.42. The molecular weight excluding hydrogens is 224 g/mol. The molecule has 0 saturated heterocycles. The fraction of sp³-hybridized carbons (Fsp3) is 0.625. The Morgan fingerprint density at radius 2 is 1.27 bits per heavy atom. The van der Waals surface area contributed by atoms with Crippen molar-refractivity contribution < 1.29 is 30.3 Å². The highest BCUT2D eigenvalue weighted by atomic mass is 32.1. The van der Waals surface area contributed by atoms with Gasteiger partial charge in [0.25, 0.3) is 0 Å². The van der Waals surface area contributed by atoms with E-state index >= 15 is 0 Å². The maximum atomic E-state index is 9.52. The van der Waals surface area contributed by atoms with Crippen LogP contribution in [-0.2, 0) is 4.79 Å². The molecule has 5 N–H and O–H groups in total. The molecule has 0 aromatic heterocycles. The van der Waals surface area contributed by atoms with Crippen molar-refractivity contribution >= 4 is 18.6 Å². The summed E-state index contributed by atoms with van der Waals surface area (Å²) < 4.78 is 0. The minimum absolute atomic E-state index is 0.130. The van der Waals surface area contributed by atoms with Crippen LogP contribution >= 0.6 is 12.6 Å². The summed E-state index contributed by atoms with van der Waals surface area (Å²) in [5.41, 5.74) is -1.11. The van der Waals surface area contributed by atoms with Gasteiger partial charge in [-0.25, -0.2) is 4.79 Å². The minimum Gasteiger partial charge on any atom is -0.477 e. The number of carbonyl (C=O) groups is 1. The molecule has 0 aromatic carbocycles. The number of carboxylic acids is 1. The van der Waals surface area contributed by atoms with E-state index in [4.69, 9.17) is 25.5 Å². The van der Waals surface area contributed by atoms with Crippen molar-refractivity contribution in [3.8, 4) is 0 Å². The summed E-state index contributed by atoms with van der Waals surface area (Å²) in [6, 6.07) is 0. The Bertz CT molecular complexity index is 172. The van der Waals surface area contributed by atoms with Crippen LogP contribution in [0.4, 0.5) is 0 Å². The smallest absolute Gasteiger partial charge is 0.341 e. The molecule has 0 aliphatic carbocycles. The molecular formula is C8H16O6S. The first-order chi connectivity index (χ1) is 6.89. The van der Waals surface area contributed by atoms with Gasteiger partial charge in [0.15, 0.2) is 0 Å². The molecule has 0 aliphatic heterocycles. The van der Waals surface area contributed by atoms with Gasteiger partial charge in [0.2, 0.25) is 0 Å². The summed E-state index contributed by atoms with van der Waals surface area (Å²) >= 11 is 3.40. The van der Waals surface area contributed by atoms with Crippen molar-refractivity contribution in [1.29, 1.82) is 0 Å². The van der Waals surface area contributed by atoms with E-state index in [-0.39, 0.29) is 4.91 Å². The van der Waals surface area contributed by atoms with E-state index in [0.29, 0.717) is 0 Å². The first-order valence-corrected chi connectivity index (χ1v) is 4.38. The number of hydrogen-bond donors (Lipinski definition) is 6. The molecule has 6 nitrogen and oxygen atoms in total. The maximum Gasteiger partial charge on any atom is 0.341 e. The third kappa shape index (κ3) is 7.34. The Labute approximate surface area is 92.9 Å². The molecule has 0 aliphatic rings. The van der Waals surface area contributed by atoms with Crippen molar-refractivity contribution in [3.63, 3.8) is 0 Å². The monoisotopic (exact) mass is 240 g/mol. The minimum atomic E-state index is -1.11. The third-order valence-corrected chi connectivity index (χ3v) is 1.78. The maximum absolute atomic E-state index is 9.52. The highest BCUT2D eigenvalue weighted by Crippen LogP contribution is 2.11. The fourth-order valence-corrected chi connectivity index (χ4v) is 0.300. The molecule has 15 heavy (non-hydrogen) atoms. The largest absolute Gasteiger partial charge is 0.477 e. The SMILES string of the molecule is C=C(S)C(=O)O.OCC(CO)(CO)CO. The molecule has 0 spiro atoms. The van der Waals surface area contributed by atoms with E-state index in [1.807, 2.05) is 0 Å². The van der Waals surface area contributed by atoms with Crippen LogP contribution < -0.4 is 0 Å². The third-order valence-electron chi connectivity index (χ3n) is 1.59. The van der Waals surface area contributed by atoms with Crippen molar-refractivity contribution in [2.75, 3.05) is 26.4 Å². The van der Waals surface area contributed by atoms with Crippen LogP contribution in [0.2, 0.25) is 0 Å². The van der Waals surface area contributed by atoms with Gasteiger partial charge in [0, 0.05) is 0 Å². The van der Waals surface area contributed by atoms with Crippen LogP contribution in [0.3, 0.4) is 0 Å². The zero-order chi connectivity index (χ0) is 12.5. The lowest BCUT2D eigenvalue weighted by Gasteiger charge is -2.23. The van der Waals surface area contributed by atoms with Gasteiger partial charge in [-0.05, 0) is 0 Å². The molecule has 0 amide bonds. The average Bonchev–Trinajstić information content (AvgIpc) is 2.23. The summed E-state index contributed by atoms with van der Waals surface area (Å²) in [6.07, 6.45) is 0. The standard InChI is InChI=1S/C5H12O4.C3H4O2S/c6-1-5(2-7,3-8)4-9;1-2(6)3(4)5/h6-9H,1-4H2;6H,1H2,(H,4,5). The highest BCUT2D eigenvalue weighted by Gasteiger charge is 2.26. The van der Waals surface area contributed by atoms with Gasteiger partial charge in [0.05, 0.1) is 36.7 Å². The van der Waals surface area contributed by atoms with E-state index in [1.54, 1.807) is 0 Å². The van der Waals surface area contributed by atoms with Gasteiger partial charge >= 0.3 is 5.97 Å². The number of aliphatic hydroxyl groups excluding tert-OH is 4. The Hall–Kier alpha value is -0.600. The molecule has 0 unspecified atom stereocenters. The zero-order valence-electron chi connectivity index (χ0n) is 8.13. The van der Waals surface area contributed by atoms with Crippen LogP contribution in [0.5, 0.6) is 0 Å². The van der Waals surface area contributed by atoms with Crippen LogP contribution in [0.25, 0.3) is 0 Å². The van der Waals surface area contributed by atoms with E-state index in [1.165, 1.54) is 0 Å². The first kappa shape index (κ1) is 16.8. The topological polar surface area (TPSA) is 118 Å². The Morgan fingerprint density at radius 3 is 1.27 bits per heavy atom. The molecule has 0 rings (SSSR count). The predicted molar refractivity (Wildman–Crippen MR) is 56.5 cm³/mol. The summed E-state index contributed by atoms with van der Waals surface area (Å²) in [5.74, 6) is -1.07. The van der Waals surface area contributed by atoms with Gasteiger partial charge in [-0.1, -0.05) is 6.58 Å². The molecule has 7 heteroatoms. The second-order valence-electron chi connectivity index (χ2n) is 2.88. The molecule has 90 valence electrons. The zero-order valence-corrected chi connectivity index (χ0v) is 9.02. The number of aliphatic carboxylic acids is 1. The molecule has 0 saturated carbocycles. The van der Waals surface area contributed by atoms with Crippen LogP contribution in [0.1, 0.15) is 0 Å². The lowest BCUT2D eigenvalue weighted by Crippen LogP contribution is -2.37. The average molecular weight is 240 g/mol. The molecule has 0 bridgehead atoms. The number of carboxylic acid groups (broad SMARTS) is 1. The Kier molecular flexibility index (Phi) is 9.74.